The Kier molecular flexibility index (Phi) is 4.98. The number of aryl methyl sites for hydroxylation is 1. The average Bonchev–Trinajstić information content (AvgIpc) is 2.38. The Morgan fingerprint density at radius 2 is 2.11 bits per heavy atom. The predicted molar refractivity (Wildman–Crippen MR) is 74.0 cm³/mol. The third-order valence-corrected chi connectivity index (χ3v) is 3.91. The fourth-order valence-electron chi connectivity index (χ4n) is 2.67. The second kappa shape index (κ2) is 6.50. The zero-order chi connectivity index (χ0) is 13.0. The monoisotopic (exact) mass is 270 g/mol. The van der Waals surface area contributed by atoms with Crippen LogP contribution in [0.25, 0.3) is 0 Å². The van der Waals surface area contributed by atoms with Gasteiger partial charge in [-0.05, 0) is 30.5 Å². The van der Waals surface area contributed by atoms with E-state index in [9.17, 15) is 4.39 Å². The number of hydrogen-bond donors (Lipinski definition) is 1. The van der Waals surface area contributed by atoms with Crippen molar-refractivity contribution >= 4 is 11.6 Å². The molecule has 1 aromatic carbocycles. The van der Waals surface area contributed by atoms with Gasteiger partial charge in [-0.1, -0.05) is 23.7 Å². The third kappa shape index (κ3) is 3.02. The molecule has 1 aliphatic rings. The van der Waals surface area contributed by atoms with E-state index in [2.05, 4.69) is 23.2 Å². The van der Waals surface area contributed by atoms with Gasteiger partial charge in [-0.25, -0.2) is 0 Å². The number of alkyl halides is 1. The third-order valence-electron chi connectivity index (χ3n) is 3.58. The van der Waals surface area contributed by atoms with Crippen molar-refractivity contribution < 1.29 is 4.39 Å². The first kappa shape index (κ1) is 13.8. The van der Waals surface area contributed by atoms with Crippen LogP contribution in [0.4, 0.5) is 4.39 Å². The summed E-state index contributed by atoms with van der Waals surface area (Å²) in [5.74, 6) is 0. The van der Waals surface area contributed by atoms with Gasteiger partial charge in [0.05, 0.1) is 6.67 Å². The molecule has 0 spiro atoms. The van der Waals surface area contributed by atoms with Gasteiger partial charge in [-0.15, -0.1) is 0 Å². The number of benzene rings is 1. The molecule has 2 nitrogen and oxygen atoms in total. The number of piperazine rings is 1. The molecule has 0 amide bonds. The Hall–Kier alpha value is -0.640. The van der Waals surface area contributed by atoms with Gasteiger partial charge in [-0.2, -0.15) is 0 Å². The molecule has 0 bridgehead atoms. The van der Waals surface area contributed by atoms with Gasteiger partial charge in [0, 0.05) is 37.2 Å². The molecule has 2 rings (SSSR count). The Labute approximate surface area is 113 Å². The molecule has 0 saturated carbocycles. The van der Waals surface area contributed by atoms with Gasteiger partial charge in [0.15, 0.2) is 0 Å². The molecule has 0 aliphatic carbocycles. The normalized spacial score (nSPS) is 18.8. The number of nitrogens with zero attached hydrogens (tertiary/aromatic N) is 1. The van der Waals surface area contributed by atoms with Gasteiger partial charge >= 0.3 is 0 Å². The van der Waals surface area contributed by atoms with Gasteiger partial charge in [0.1, 0.15) is 0 Å². The Bertz CT molecular complexity index is 371. The first-order valence-corrected chi connectivity index (χ1v) is 6.87. The fourth-order valence-corrected chi connectivity index (χ4v) is 3.02. The van der Waals surface area contributed by atoms with Gasteiger partial charge in [-0.3, -0.25) is 9.29 Å². The summed E-state index contributed by atoms with van der Waals surface area (Å²) in [5, 5.41) is 4.08. The van der Waals surface area contributed by atoms with E-state index in [1.165, 1.54) is 0 Å². The van der Waals surface area contributed by atoms with Crippen molar-refractivity contribution in [2.75, 3.05) is 32.9 Å². The zero-order valence-corrected chi connectivity index (χ0v) is 11.5. The van der Waals surface area contributed by atoms with E-state index in [4.69, 9.17) is 11.6 Å². The van der Waals surface area contributed by atoms with E-state index in [-0.39, 0.29) is 12.7 Å². The van der Waals surface area contributed by atoms with Crippen LogP contribution in [0, 0.1) is 6.92 Å². The lowest BCUT2D eigenvalue weighted by Crippen LogP contribution is -2.45. The molecule has 1 saturated heterocycles. The van der Waals surface area contributed by atoms with Crippen LogP contribution in [-0.2, 0) is 0 Å². The lowest BCUT2D eigenvalue weighted by Gasteiger charge is -2.36. The maximum atomic E-state index is 12.9. The summed E-state index contributed by atoms with van der Waals surface area (Å²) in [6.45, 7) is 5.58. The van der Waals surface area contributed by atoms with Crippen LogP contribution >= 0.6 is 11.6 Å². The summed E-state index contributed by atoms with van der Waals surface area (Å²) in [5.41, 5.74) is 2.25. The van der Waals surface area contributed by atoms with Crippen molar-refractivity contribution in [2.24, 2.45) is 0 Å². The van der Waals surface area contributed by atoms with Crippen molar-refractivity contribution in [2.45, 2.75) is 19.4 Å². The molecule has 0 radical (unpaired) electrons. The topological polar surface area (TPSA) is 15.3 Å². The van der Waals surface area contributed by atoms with Crippen LogP contribution in [0.5, 0.6) is 0 Å². The SMILES string of the molecule is Cc1cccc(Cl)c1[C@@H](CCF)N1CCNCC1. The number of hydrogen-bond acceptors (Lipinski definition) is 2. The quantitative estimate of drug-likeness (QED) is 0.905. The molecule has 4 heteroatoms. The lowest BCUT2D eigenvalue weighted by atomic mass is 9.97. The van der Waals surface area contributed by atoms with Crippen molar-refractivity contribution in [3.8, 4) is 0 Å². The number of nitrogens with one attached hydrogen (secondary N) is 1. The van der Waals surface area contributed by atoms with E-state index in [0.29, 0.717) is 6.42 Å². The second-order valence-corrected chi connectivity index (χ2v) is 5.16. The summed E-state index contributed by atoms with van der Waals surface area (Å²) in [6, 6.07) is 6.00. The standard InChI is InChI=1S/C14H20ClFN2/c1-11-3-2-4-12(15)14(11)13(5-6-16)18-9-7-17-8-10-18/h2-4,13,17H,5-10H2,1H3/t13-/m1/s1. The molecule has 1 aliphatic heterocycles. The molecule has 100 valence electrons. The fraction of sp³-hybridized carbons (Fsp3) is 0.571. The molecule has 1 N–H and O–H groups in total. The second-order valence-electron chi connectivity index (χ2n) is 4.75. The van der Waals surface area contributed by atoms with E-state index < -0.39 is 0 Å². The summed E-state index contributed by atoms with van der Waals surface area (Å²) in [7, 11) is 0. The largest absolute Gasteiger partial charge is 0.314 e. The molecule has 1 fully saturated rings. The summed E-state index contributed by atoms with van der Waals surface area (Å²) in [6.07, 6.45) is 0.518. The molecule has 1 heterocycles. The highest BCUT2D eigenvalue weighted by Gasteiger charge is 2.24. The number of rotatable bonds is 4. The Morgan fingerprint density at radius 1 is 1.39 bits per heavy atom. The highest BCUT2D eigenvalue weighted by atomic mass is 35.5. The van der Waals surface area contributed by atoms with Crippen LogP contribution in [0.3, 0.4) is 0 Å². The maximum Gasteiger partial charge on any atom is 0.0912 e. The maximum absolute atomic E-state index is 12.9. The predicted octanol–water partition coefficient (Wildman–Crippen LogP) is 2.95. The van der Waals surface area contributed by atoms with Crippen molar-refractivity contribution in [1.29, 1.82) is 0 Å². The minimum Gasteiger partial charge on any atom is -0.314 e. The van der Waals surface area contributed by atoms with Gasteiger partial charge in [0.25, 0.3) is 0 Å². The van der Waals surface area contributed by atoms with Crippen LogP contribution in [-0.4, -0.2) is 37.8 Å². The van der Waals surface area contributed by atoms with E-state index in [1.807, 2.05) is 12.1 Å². The minimum atomic E-state index is -0.306. The Balaban J connectivity index is 2.28. The van der Waals surface area contributed by atoms with E-state index in [0.717, 1.165) is 42.3 Å². The molecule has 18 heavy (non-hydrogen) atoms. The lowest BCUT2D eigenvalue weighted by molar-refractivity contribution is 0.157. The summed E-state index contributed by atoms with van der Waals surface area (Å²) >= 11 is 6.31. The van der Waals surface area contributed by atoms with Crippen LogP contribution in [0.2, 0.25) is 5.02 Å². The zero-order valence-electron chi connectivity index (χ0n) is 10.8. The van der Waals surface area contributed by atoms with Crippen LogP contribution < -0.4 is 5.32 Å². The van der Waals surface area contributed by atoms with Gasteiger partial charge in [0.2, 0.25) is 0 Å². The van der Waals surface area contributed by atoms with Crippen LogP contribution in [0.15, 0.2) is 18.2 Å². The van der Waals surface area contributed by atoms with Crippen molar-refractivity contribution in [3.63, 3.8) is 0 Å². The molecule has 0 unspecified atom stereocenters. The van der Waals surface area contributed by atoms with E-state index >= 15 is 0 Å². The molecule has 0 aromatic heterocycles. The summed E-state index contributed by atoms with van der Waals surface area (Å²) in [4.78, 5) is 2.34. The minimum absolute atomic E-state index is 0.103. The van der Waals surface area contributed by atoms with Crippen molar-refractivity contribution in [1.82, 2.24) is 10.2 Å². The highest BCUT2D eigenvalue weighted by molar-refractivity contribution is 6.31. The molecular weight excluding hydrogens is 251 g/mol. The van der Waals surface area contributed by atoms with E-state index in [1.54, 1.807) is 0 Å². The van der Waals surface area contributed by atoms with Gasteiger partial charge < -0.3 is 5.32 Å². The van der Waals surface area contributed by atoms with Crippen LogP contribution in [0.1, 0.15) is 23.6 Å². The Morgan fingerprint density at radius 3 is 2.72 bits per heavy atom. The first-order valence-electron chi connectivity index (χ1n) is 6.49. The highest BCUT2D eigenvalue weighted by Crippen LogP contribution is 2.33. The summed E-state index contributed by atoms with van der Waals surface area (Å²) < 4.78 is 12.9. The molecular formula is C14H20ClFN2. The van der Waals surface area contributed by atoms with Crippen molar-refractivity contribution in [3.05, 3.63) is 34.3 Å². The molecule has 1 aromatic rings. The number of halogens is 2. The smallest absolute Gasteiger partial charge is 0.0912 e. The molecule has 1 atom stereocenters. The average molecular weight is 271 g/mol. The first-order chi connectivity index (χ1) is 8.74.